The Hall–Kier alpha value is -1.28. The summed E-state index contributed by atoms with van der Waals surface area (Å²) in [4.78, 5) is 0. The van der Waals surface area contributed by atoms with Crippen molar-refractivity contribution >= 4 is 0 Å². The molecule has 1 aromatic rings. The highest BCUT2D eigenvalue weighted by molar-refractivity contribution is 5.39. The van der Waals surface area contributed by atoms with E-state index in [1.165, 1.54) is 30.4 Å². The Bertz CT molecular complexity index is 425. The minimum Gasteiger partial charge on any atom is -0.493 e. The number of allylic oxidation sites excluding steroid dienone is 1. The van der Waals surface area contributed by atoms with Gasteiger partial charge in [-0.05, 0) is 36.5 Å². The van der Waals surface area contributed by atoms with Gasteiger partial charge in [0.2, 0.25) is 0 Å². The summed E-state index contributed by atoms with van der Waals surface area (Å²) in [5.41, 5.74) is 2.75. The van der Waals surface area contributed by atoms with Gasteiger partial charge in [-0.25, -0.2) is 0 Å². The van der Waals surface area contributed by atoms with Crippen LogP contribution in [0.3, 0.4) is 0 Å². The van der Waals surface area contributed by atoms with Crippen molar-refractivity contribution in [2.45, 2.75) is 38.3 Å². The number of nitrogens with one attached hydrogen (secondary N) is 1. The fourth-order valence-electron chi connectivity index (χ4n) is 2.59. The molecule has 17 heavy (non-hydrogen) atoms. The second kappa shape index (κ2) is 4.92. The summed E-state index contributed by atoms with van der Waals surface area (Å²) >= 11 is 0. The molecular formula is C15H19NO. The first-order chi connectivity index (χ1) is 8.42. The van der Waals surface area contributed by atoms with Crippen molar-refractivity contribution in [3.63, 3.8) is 0 Å². The van der Waals surface area contributed by atoms with Gasteiger partial charge in [-0.2, -0.15) is 0 Å². The highest BCUT2D eigenvalue weighted by Crippen LogP contribution is 2.25. The van der Waals surface area contributed by atoms with E-state index in [0.717, 1.165) is 25.3 Å². The molecule has 1 aliphatic heterocycles. The van der Waals surface area contributed by atoms with Crippen molar-refractivity contribution in [3.8, 4) is 5.75 Å². The average Bonchev–Trinajstić information content (AvgIpc) is 2.85. The first-order valence-electron chi connectivity index (χ1n) is 6.55. The summed E-state index contributed by atoms with van der Waals surface area (Å²) in [5.74, 6) is 1.08. The van der Waals surface area contributed by atoms with Crippen LogP contribution in [-0.4, -0.2) is 12.6 Å². The van der Waals surface area contributed by atoms with E-state index in [1.807, 2.05) is 0 Å². The van der Waals surface area contributed by atoms with Crippen LogP contribution in [-0.2, 0) is 13.0 Å². The molecule has 0 fully saturated rings. The van der Waals surface area contributed by atoms with Crippen LogP contribution in [0.15, 0.2) is 30.4 Å². The number of hydrogen-bond acceptors (Lipinski definition) is 2. The lowest BCUT2D eigenvalue weighted by Gasteiger charge is -2.19. The number of hydrogen-bond donors (Lipinski definition) is 1. The number of benzene rings is 1. The molecule has 90 valence electrons. The van der Waals surface area contributed by atoms with Gasteiger partial charge >= 0.3 is 0 Å². The Kier molecular flexibility index (Phi) is 3.14. The lowest BCUT2D eigenvalue weighted by molar-refractivity contribution is 0.357. The molecular weight excluding hydrogens is 210 g/mol. The van der Waals surface area contributed by atoms with Gasteiger partial charge in [0.05, 0.1) is 6.61 Å². The van der Waals surface area contributed by atoms with Crippen LogP contribution >= 0.6 is 0 Å². The molecule has 2 aliphatic rings. The molecule has 1 atom stereocenters. The van der Waals surface area contributed by atoms with Crippen LogP contribution in [0.25, 0.3) is 0 Å². The Morgan fingerprint density at radius 3 is 3.18 bits per heavy atom. The maximum absolute atomic E-state index is 5.52. The van der Waals surface area contributed by atoms with Crippen LogP contribution in [0.1, 0.15) is 30.4 Å². The van der Waals surface area contributed by atoms with Crippen LogP contribution in [0.4, 0.5) is 0 Å². The molecule has 0 saturated heterocycles. The summed E-state index contributed by atoms with van der Waals surface area (Å²) in [6.45, 7) is 1.82. The van der Waals surface area contributed by atoms with Crippen LogP contribution in [0, 0.1) is 0 Å². The van der Waals surface area contributed by atoms with Gasteiger partial charge < -0.3 is 10.1 Å². The monoisotopic (exact) mass is 229 g/mol. The first-order valence-corrected chi connectivity index (χ1v) is 6.55. The maximum Gasteiger partial charge on any atom is 0.122 e. The van der Waals surface area contributed by atoms with Crippen molar-refractivity contribution in [2.75, 3.05) is 6.61 Å². The molecule has 1 aliphatic carbocycles. The molecule has 0 bridgehead atoms. The topological polar surface area (TPSA) is 21.3 Å². The van der Waals surface area contributed by atoms with Gasteiger partial charge in [0.15, 0.2) is 0 Å². The zero-order chi connectivity index (χ0) is 11.5. The zero-order valence-corrected chi connectivity index (χ0v) is 10.1. The molecule has 0 amide bonds. The van der Waals surface area contributed by atoms with Crippen LogP contribution in [0.2, 0.25) is 0 Å². The van der Waals surface area contributed by atoms with E-state index in [9.17, 15) is 0 Å². The largest absolute Gasteiger partial charge is 0.493 e. The average molecular weight is 229 g/mol. The highest BCUT2D eigenvalue weighted by atomic mass is 16.5. The highest BCUT2D eigenvalue weighted by Gasteiger charge is 2.13. The van der Waals surface area contributed by atoms with Crippen molar-refractivity contribution < 1.29 is 4.74 Å². The second-order valence-electron chi connectivity index (χ2n) is 4.90. The Morgan fingerprint density at radius 1 is 1.29 bits per heavy atom. The van der Waals surface area contributed by atoms with Crippen molar-refractivity contribution in [3.05, 3.63) is 41.5 Å². The summed E-state index contributed by atoms with van der Waals surface area (Å²) < 4.78 is 5.52. The molecule has 3 rings (SSSR count). The minimum atomic E-state index is 0.657. The van der Waals surface area contributed by atoms with Gasteiger partial charge in [0.25, 0.3) is 0 Å². The third-order valence-electron chi connectivity index (χ3n) is 3.62. The van der Waals surface area contributed by atoms with E-state index < -0.39 is 0 Å². The molecule has 0 radical (unpaired) electrons. The first kappa shape index (κ1) is 10.8. The Morgan fingerprint density at radius 2 is 2.29 bits per heavy atom. The molecule has 1 unspecified atom stereocenters. The van der Waals surface area contributed by atoms with E-state index in [2.05, 4.69) is 35.7 Å². The number of fused-ring (bicyclic) bond motifs is 1. The van der Waals surface area contributed by atoms with Crippen molar-refractivity contribution in [1.29, 1.82) is 0 Å². The molecule has 0 spiro atoms. The van der Waals surface area contributed by atoms with E-state index in [-0.39, 0.29) is 0 Å². The van der Waals surface area contributed by atoms with Crippen LogP contribution in [0.5, 0.6) is 5.75 Å². The van der Waals surface area contributed by atoms with E-state index >= 15 is 0 Å². The maximum atomic E-state index is 5.52. The Balaban J connectivity index is 1.59. The van der Waals surface area contributed by atoms with E-state index in [1.54, 1.807) is 0 Å². The minimum absolute atomic E-state index is 0.657. The van der Waals surface area contributed by atoms with Gasteiger partial charge in [-0.1, -0.05) is 24.3 Å². The van der Waals surface area contributed by atoms with Crippen molar-refractivity contribution in [2.24, 2.45) is 0 Å². The predicted molar refractivity (Wildman–Crippen MR) is 69.3 cm³/mol. The quantitative estimate of drug-likeness (QED) is 0.805. The van der Waals surface area contributed by atoms with Gasteiger partial charge in [-0.15, -0.1) is 0 Å². The molecule has 2 nitrogen and oxygen atoms in total. The SMILES string of the molecule is C1=CCC(NCc2ccc3c(c2)CCO3)CC1. The van der Waals surface area contributed by atoms with Crippen molar-refractivity contribution in [1.82, 2.24) is 5.32 Å². The Labute approximate surface area is 103 Å². The lowest BCUT2D eigenvalue weighted by Crippen LogP contribution is -2.29. The molecule has 0 aromatic heterocycles. The third kappa shape index (κ3) is 2.52. The molecule has 1 heterocycles. The zero-order valence-electron chi connectivity index (χ0n) is 10.1. The summed E-state index contributed by atoms with van der Waals surface area (Å²) in [6.07, 6.45) is 9.30. The fourth-order valence-corrected chi connectivity index (χ4v) is 2.59. The summed E-state index contributed by atoms with van der Waals surface area (Å²) in [6, 6.07) is 7.23. The summed E-state index contributed by atoms with van der Waals surface area (Å²) in [5, 5.41) is 3.64. The molecule has 1 aromatic carbocycles. The smallest absolute Gasteiger partial charge is 0.122 e. The molecule has 2 heteroatoms. The van der Waals surface area contributed by atoms with Gasteiger partial charge in [0.1, 0.15) is 5.75 Å². The normalized spacial score (nSPS) is 22.2. The number of rotatable bonds is 3. The van der Waals surface area contributed by atoms with Gasteiger partial charge in [-0.3, -0.25) is 0 Å². The summed E-state index contributed by atoms with van der Waals surface area (Å²) in [7, 11) is 0. The van der Waals surface area contributed by atoms with E-state index in [4.69, 9.17) is 4.74 Å². The molecule has 0 saturated carbocycles. The second-order valence-corrected chi connectivity index (χ2v) is 4.90. The fraction of sp³-hybridized carbons (Fsp3) is 0.467. The molecule has 1 N–H and O–H groups in total. The third-order valence-corrected chi connectivity index (χ3v) is 3.62. The number of ether oxygens (including phenoxy) is 1. The van der Waals surface area contributed by atoms with Gasteiger partial charge in [0, 0.05) is 19.0 Å². The van der Waals surface area contributed by atoms with E-state index in [0.29, 0.717) is 6.04 Å². The lowest BCUT2D eigenvalue weighted by atomic mass is 10.0. The van der Waals surface area contributed by atoms with Crippen LogP contribution < -0.4 is 10.1 Å². The standard InChI is InChI=1S/C15H19NO/c1-2-4-14(5-3-1)16-11-12-6-7-15-13(10-12)8-9-17-15/h1-2,6-7,10,14,16H,3-5,8-9,11H2. The predicted octanol–water partition coefficient (Wildman–Crippen LogP) is 2.82.